The first-order valence-electron chi connectivity index (χ1n) is 8.10. The smallest absolute Gasteiger partial charge is 0.307 e. The van der Waals surface area contributed by atoms with Crippen LogP contribution in [0.3, 0.4) is 0 Å². The molecule has 2 N–H and O–H groups in total. The second kappa shape index (κ2) is 8.53. The van der Waals surface area contributed by atoms with Crippen LogP contribution in [0.4, 0.5) is 5.69 Å². The van der Waals surface area contributed by atoms with E-state index in [4.69, 9.17) is 9.15 Å². The molecular weight excluding hydrogens is 330 g/mol. The monoisotopic (exact) mass is 349 g/mol. The molecule has 1 heterocycles. The van der Waals surface area contributed by atoms with Crippen molar-refractivity contribution in [3.8, 4) is 5.75 Å². The predicted octanol–water partition coefficient (Wildman–Crippen LogP) is 3.66. The maximum absolute atomic E-state index is 12.1. The SMILES string of the molecule is COc1ccc(/C=N\NC(=O)c2ccc(CNc3ccccc3)o2)cc1. The highest BCUT2D eigenvalue weighted by Crippen LogP contribution is 2.12. The summed E-state index contributed by atoms with van der Waals surface area (Å²) in [4.78, 5) is 12.1. The molecule has 26 heavy (non-hydrogen) atoms. The second-order valence-corrected chi connectivity index (χ2v) is 5.46. The molecule has 1 aromatic heterocycles. The second-order valence-electron chi connectivity index (χ2n) is 5.46. The summed E-state index contributed by atoms with van der Waals surface area (Å²) in [6, 6.07) is 20.5. The van der Waals surface area contributed by atoms with Gasteiger partial charge in [0.25, 0.3) is 0 Å². The molecule has 3 aromatic rings. The van der Waals surface area contributed by atoms with E-state index in [1.165, 1.54) is 0 Å². The number of carbonyl (C=O) groups excluding carboxylic acids is 1. The molecular formula is C20H19N3O3. The van der Waals surface area contributed by atoms with Crippen LogP contribution in [0.1, 0.15) is 21.9 Å². The molecule has 132 valence electrons. The lowest BCUT2D eigenvalue weighted by molar-refractivity contribution is 0.0926. The van der Waals surface area contributed by atoms with Crippen molar-refractivity contribution in [2.75, 3.05) is 12.4 Å². The standard InChI is InChI=1S/C20H19N3O3/c1-25-17-9-7-15(8-10-17)13-22-23-20(24)19-12-11-18(26-19)14-21-16-5-3-2-4-6-16/h2-13,21H,14H2,1H3,(H,23,24)/b22-13-. The van der Waals surface area contributed by atoms with Gasteiger partial charge in [0.05, 0.1) is 19.9 Å². The van der Waals surface area contributed by atoms with Gasteiger partial charge in [0, 0.05) is 5.69 Å². The van der Waals surface area contributed by atoms with Crippen molar-refractivity contribution in [3.63, 3.8) is 0 Å². The lowest BCUT2D eigenvalue weighted by atomic mass is 10.2. The highest BCUT2D eigenvalue weighted by Gasteiger charge is 2.10. The van der Waals surface area contributed by atoms with Crippen molar-refractivity contribution in [2.45, 2.75) is 6.54 Å². The summed E-state index contributed by atoms with van der Waals surface area (Å²) in [5.74, 6) is 1.24. The van der Waals surface area contributed by atoms with E-state index >= 15 is 0 Å². The fourth-order valence-corrected chi connectivity index (χ4v) is 2.25. The highest BCUT2D eigenvalue weighted by atomic mass is 16.5. The molecule has 2 aromatic carbocycles. The van der Waals surface area contributed by atoms with Crippen LogP contribution in [0, 0.1) is 0 Å². The zero-order valence-corrected chi connectivity index (χ0v) is 14.3. The van der Waals surface area contributed by atoms with Gasteiger partial charge in [-0.05, 0) is 54.1 Å². The van der Waals surface area contributed by atoms with E-state index in [0.717, 1.165) is 17.0 Å². The van der Waals surface area contributed by atoms with Crippen LogP contribution in [0.25, 0.3) is 0 Å². The van der Waals surface area contributed by atoms with Gasteiger partial charge in [-0.2, -0.15) is 5.10 Å². The average molecular weight is 349 g/mol. The van der Waals surface area contributed by atoms with E-state index < -0.39 is 5.91 Å². The minimum Gasteiger partial charge on any atom is -0.497 e. The number of para-hydroxylation sites is 1. The zero-order chi connectivity index (χ0) is 18.2. The molecule has 6 nitrogen and oxygen atoms in total. The van der Waals surface area contributed by atoms with E-state index in [9.17, 15) is 4.79 Å². The molecule has 0 fully saturated rings. The van der Waals surface area contributed by atoms with Gasteiger partial charge in [-0.25, -0.2) is 5.43 Å². The zero-order valence-electron chi connectivity index (χ0n) is 14.3. The first kappa shape index (κ1) is 17.3. The molecule has 0 atom stereocenters. The first-order chi connectivity index (χ1) is 12.7. The molecule has 3 rings (SSSR count). The lowest BCUT2D eigenvalue weighted by Gasteiger charge is -2.03. The summed E-state index contributed by atoms with van der Waals surface area (Å²) in [5.41, 5.74) is 4.28. The van der Waals surface area contributed by atoms with Gasteiger partial charge in [-0.1, -0.05) is 18.2 Å². The number of nitrogens with one attached hydrogen (secondary N) is 2. The summed E-state index contributed by atoms with van der Waals surface area (Å²) >= 11 is 0. The third-order valence-corrected chi connectivity index (χ3v) is 3.62. The van der Waals surface area contributed by atoms with Crippen molar-refractivity contribution in [3.05, 3.63) is 83.8 Å². The number of benzene rings is 2. The number of amides is 1. The number of carbonyl (C=O) groups is 1. The van der Waals surface area contributed by atoms with Crippen LogP contribution < -0.4 is 15.5 Å². The summed E-state index contributed by atoms with van der Waals surface area (Å²) in [5, 5.41) is 7.16. The van der Waals surface area contributed by atoms with Gasteiger partial charge in [0.15, 0.2) is 5.76 Å². The highest BCUT2D eigenvalue weighted by molar-refractivity contribution is 5.92. The van der Waals surface area contributed by atoms with Crippen molar-refractivity contribution in [1.82, 2.24) is 5.43 Å². The van der Waals surface area contributed by atoms with Crippen molar-refractivity contribution < 1.29 is 13.9 Å². The molecule has 0 aliphatic heterocycles. The van der Waals surface area contributed by atoms with Crippen LogP contribution in [-0.2, 0) is 6.54 Å². The molecule has 0 saturated heterocycles. The first-order valence-corrected chi connectivity index (χ1v) is 8.10. The molecule has 0 radical (unpaired) electrons. The van der Waals surface area contributed by atoms with E-state index in [2.05, 4.69) is 15.8 Å². The Kier molecular flexibility index (Phi) is 5.67. The van der Waals surface area contributed by atoms with Gasteiger partial charge in [-0.3, -0.25) is 4.79 Å². The maximum atomic E-state index is 12.1. The van der Waals surface area contributed by atoms with Gasteiger partial charge in [0.2, 0.25) is 0 Å². The molecule has 0 unspecified atom stereocenters. The molecule has 0 aliphatic carbocycles. The third-order valence-electron chi connectivity index (χ3n) is 3.62. The Labute approximate surface area is 151 Å². The lowest BCUT2D eigenvalue weighted by Crippen LogP contribution is -2.16. The van der Waals surface area contributed by atoms with Gasteiger partial charge in [-0.15, -0.1) is 0 Å². The Bertz CT molecular complexity index is 871. The van der Waals surface area contributed by atoms with Crippen molar-refractivity contribution in [1.29, 1.82) is 0 Å². The van der Waals surface area contributed by atoms with Gasteiger partial charge >= 0.3 is 5.91 Å². The van der Waals surface area contributed by atoms with E-state index in [0.29, 0.717) is 12.3 Å². The Morgan fingerprint density at radius 1 is 1.08 bits per heavy atom. The molecule has 0 bridgehead atoms. The quantitative estimate of drug-likeness (QED) is 0.504. The minimum absolute atomic E-state index is 0.210. The molecule has 0 spiro atoms. The van der Waals surface area contributed by atoms with Crippen LogP contribution in [-0.4, -0.2) is 19.2 Å². The number of hydrazone groups is 1. The van der Waals surface area contributed by atoms with E-state index in [1.54, 1.807) is 25.5 Å². The average Bonchev–Trinajstić information content (AvgIpc) is 3.17. The van der Waals surface area contributed by atoms with Gasteiger partial charge in [0.1, 0.15) is 11.5 Å². The number of hydrogen-bond donors (Lipinski definition) is 2. The number of anilines is 1. The van der Waals surface area contributed by atoms with Crippen LogP contribution in [0.2, 0.25) is 0 Å². The number of hydrogen-bond acceptors (Lipinski definition) is 5. The number of ether oxygens (including phenoxy) is 1. The normalized spacial score (nSPS) is 10.7. The van der Waals surface area contributed by atoms with Gasteiger partial charge < -0.3 is 14.5 Å². The predicted molar refractivity (Wildman–Crippen MR) is 101 cm³/mol. The Morgan fingerprint density at radius 3 is 2.58 bits per heavy atom. The molecule has 6 heteroatoms. The maximum Gasteiger partial charge on any atom is 0.307 e. The Hall–Kier alpha value is -3.54. The fourth-order valence-electron chi connectivity index (χ4n) is 2.25. The topological polar surface area (TPSA) is 75.9 Å². The number of rotatable bonds is 7. The molecule has 1 amide bonds. The fraction of sp³-hybridized carbons (Fsp3) is 0.100. The van der Waals surface area contributed by atoms with Crippen LogP contribution in [0.5, 0.6) is 5.75 Å². The number of methoxy groups -OCH3 is 1. The molecule has 0 aliphatic rings. The largest absolute Gasteiger partial charge is 0.497 e. The minimum atomic E-state index is -0.402. The van der Waals surface area contributed by atoms with Crippen molar-refractivity contribution in [2.24, 2.45) is 5.10 Å². The van der Waals surface area contributed by atoms with E-state index in [1.807, 2.05) is 54.6 Å². The summed E-state index contributed by atoms with van der Waals surface area (Å²) in [6.07, 6.45) is 1.55. The summed E-state index contributed by atoms with van der Waals surface area (Å²) in [6.45, 7) is 0.492. The summed E-state index contributed by atoms with van der Waals surface area (Å²) < 4.78 is 10.6. The van der Waals surface area contributed by atoms with Crippen LogP contribution in [0.15, 0.2) is 76.2 Å². The molecule has 0 saturated carbocycles. The van der Waals surface area contributed by atoms with Crippen LogP contribution >= 0.6 is 0 Å². The Morgan fingerprint density at radius 2 is 1.85 bits per heavy atom. The van der Waals surface area contributed by atoms with E-state index in [-0.39, 0.29) is 5.76 Å². The third kappa shape index (κ3) is 4.73. The number of nitrogens with zero attached hydrogens (tertiary/aromatic N) is 1. The summed E-state index contributed by atoms with van der Waals surface area (Å²) in [7, 11) is 1.61. The number of furan rings is 1. The Balaban J connectivity index is 1.51. The van der Waals surface area contributed by atoms with Crippen molar-refractivity contribution >= 4 is 17.8 Å².